The Labute approximate surface area is 309 Å². The maximum Gasteiger partial charge on any atom is 0.0208 e. The van der Waals surface area contributed by atoms with Crippen LogP contribution in [0.5, 0.6) is 0 Å². The van der Waals surface area contributed by atoms with E-state index in [1.165, 1.54) is 118 Å². The lowest BCUT2D eigenvalue weighted by Gasteiger charge is -2.27. The number of fused-ring (bicyclic) bond motifs is 10. The van der Waals surface area contributed by atoms with E-state index >= 15 is 0 Å². The average Bonchev–Trinajstić information content (AvgIpc) is 3.21. The van der Waals surface area contributed by atoms with Crippen LogP contribution >= 0.6 is 23.5 Å². The molecule has 0 fully saturated rings. The lowest BCUT2D eigenvalue weighted by Crippen LogP contribution is -1.99. The van der Waals surface area contributed by atoms with Crippen molar-refractivity contribution in [2.24, 2.45) is 0 Å². The molecule has 2 heteroatoms. The Hall–Kier alpha value is -5.80. The van der Waals surface area contributed by atoms with Gasteiger partial charge < -0.3 is 0 Å². The first-order valence-corrected chi connectivity index (χ1v) is 19.5. The van der Waals surface area contributed by atoms with Crippen molar-refractivity contribution in [3.8, 4) is 44.5 Å². The molecule has 2 aliphatic rings. The molecular weight excluding hydrogens is 665 g/mol. The van der Waals surface area contributed by atoms with E-state index in [4.69, 9.17) is 0 Å². The second-order valence-electron chi connectivity index (χ2n) is 14.0. The minimum Gasteiger partial charge on any atom is -0.0887 e. The van der Waals surface area contributed by atoms with E-state index in [0.29, 0.717) is 0 Å². The van der Waals surface area contributed by atoms with Crippen molar-refractivity contribution < 1.29 is 0 Å². The van der Waals surface area contributed by atoms with Gasteiger partial charge in [-0.15, -0.1) is 0 Å². The zero-order valence-electron chi connectivity index (χ0n) is 28.0. The Morgan fingerprint density at radius 3 is 1.10 bits per heavy atom. The van der Waals surface area contributed by atoms with Gasteiger partial charge in [0.05, 0.1) is 0 Å². The monoisotopic (exact) mass is 692 g/mol. The van der Waals surface area contributed by atoms with Crippen molar-refractivity contribution in [2.45, 2.75) is 19.6 Å². The summed E-state index contributed by atoms with van der Waals surface area (Å²) in [5.74, 6) is 0. The molecule has 0 atom stereocenters. The lowest BCUT2D eigenvalue weighted by atomic mass is 9.88. The van der Waals surface area contributed by atoms with E-state index in [-0.39, 0.29) is 0 Å². The zero-order chi connectivity index (χ0) is 33.9. The van der Waals surface area contributed by atoms with E-state index in [1.807, 2.05) is 23.5 Å². The van der Waals surface area contributed by atoms with Gasteiger partial charge in [-0.1, -0.05) is 157 Å². The quantitative estimate of drug-likeness (QED) is 0.165. The molecule has 0 aromatic heterocycles. The molecule has 12 rings (SSSR count). The molecule has 0 bridgehead atoms. The standard InChI is InChI=1S/C50H28S2/c1-3-11-33-29(9-1)25-43(37-15-7-5-13-35(33)37)31-17-19-39-41-21-22-42-40-20-18-32(44-26-30-10-2-4-12-34(30)36-14-6-8-16-38(36)44)28-48(40)52-46-24-23-45(49(41)50(42)46)51-47(39)27-31/h1-28H. The molecule has 0 spiro atoms. The fourth-order valence-corrected chi connectivity index (χ4v) is 11.2. The van der Waals surface area contributed by atoms with Gasteiger partial charge in [0, 0.05) is 30.4 Å². The van der Waals surface area contributed by atoms with Gasteiger partial charge in [0.2, 0.25) is 0 Å². The predicted octanol–water partition coefficient (Wildman–Crippen LogP) is 15.0. The topological polar surface area (TPSA) is 0 Å². The number of rotatable bonds is 2. The molecule has 10 aromatic carbocycles. The van der Waals surface area contributed by atoms with Gasteiger partial charge in [-0.2, -0.15) is 0 Å². The largest absolute Gasteiger partial charge is 0.0887 e. The highest BCUT2D eigenvalue weighted by Gasteiger charge is 2.27. The molecule has 10 aromatic rings. The van der Waals surface area contributed by atoms with Crippen molar-refractivity contribution >= 4 is 77.4 Å². The van der Waals surface area contributed by atoms with Gasteiger partial charge in [-0.25, -0.2) is 0 Å². The number of hydrogen-bond acceptors (Lipinski definition) is 2. The molecule has 0 unspecified atom stereocenters. The molecule has 0 N–H and O–H groups in total. The molecular formula is C50H28S2. The Morgan fingerprint density at radius 2 is 0.635 bits per heavy atom. The van der Waals surface area contributed by atoms with E-state index < -0.39 is 0 Å². The number of benzene rings is 10. The highest BCUT2D eigenvalue weighted by atomic mass is 32.2. The third-order valence-electron chi connectivity index (χ3n) is 11.2. The SMILES string of the molecule is c1ccc2c(c1)cc(-c1ccc3c(c1)Sc1ccc4c5c(ccc-3c15)-c1ccc(-c3cc5ccccc5c5ccccc35)cc1S4)c1ccccc12. The minimum atomic E-state index is 1.27. The van der Waals surface area contributed by atoms with Crippen molar-refractivity contribution in [1.29, 1.82) is 0 Å². The molecule has 0 aliphatic carbocycles. The Morgan fingerprint density at radius 1 is 0.250 bits per heavy atom. The van der Waals surface area contributed by atoms with Crippen LogP contribution in [0.15, 0.2) is 189 Å². The van der Waals surface area contributed by atoms with E-state index in [9.17, 15) is 0 Å². The normalized spacial score (nSPS) is 12.8. The van der Waals surface area contributed by atoms with Crippen LogP contribution in [0, 0.1) is 0 Å². The molecule has 240 valence electrons. The van der Waals surface area contributed by atoms with Gasteiger partial charge in [-0.05, 0) is 124 Å². The summed E-state index contributed by atoms with van der Waals surface area (Å²) < 4.78 is 0. The molecule has 2 aliphatic heterocycles. The van der Waals surface area contributed by atoms with Gasteiger partial charge in [0.1, 0.15) is 0 Å². The highest BCUT2D eigenvalue weighted by Crippen LogP contribution is 2.56. The molecule has 0 saturated heterocycles. The average molecular weight is 693 g/mol. The first kappa shape index (κ1) is 28.8. The van der Waals surface area contributed by atoms with Crippen LogP contribution in [-0.2, 0) is 0 Å². The van der Waals surface area contributed by atoms with Gasteiger partial charge in [0.25, 0.3) is 0 Å². The lowest BCUT2D eigenvalue weighted by molar-refractivity contribution is 1.34. The first-order valence-electron chi connectivity index (χ1n) is 17.8. The van der Waals surface area contributed by atoms with Gasteiger partial charge >= 0.3 is 0 Å². The summed E-state index contributed by atoms with van der Waals surface area (Å²) in [5.41, 5.74) is 10.4. The zero-order valence-corrected chi connectivity index (χ0v) is 29.6. The van der Waals surface area contributed by atoms with Crippen LogP contribution in [0.25, 0.3) is 98.4 Å². The van der Waals surface area contributed by atoms with Crippen molar-refractivity contribution in [3.63, 3.8) is 0 Å². The number of hydrogen-bond donors (Lipinski definition) is 0. The fourth-order valence-electron chi connectivity index (χ4n) is 8.87. The smallest absolute Gasteiger partial charge is 0.0208 e. The Kier molecular flexibility index (Phi) is 6.02. The van der Waals surface area contributed by atoms with E-state index in [2.05, 4.69) is 170 Å². The summed E-state index contributed by atoms with van der Waals surface area (Å²) in [6.07, 6.45) is 0. The third kappa shape index (κ3) is 4.08. The summed E-state index contributed by atoms with van der Waals surface area (Å²) in [7, 11) is 0. The molecule has 0 radical (unpaired) electrons. The second-order valence-corrected chi connectivity index (χ2v) is 16.1. The molecule has 52 heavy (non-hydrogen) atoms. The summed E-state index contributed by atoms with van der Waals surface area (Å²) in [6, 6.07) is 63.6. The van der Waals surface area contributed by atoms with Gasteiger partial charge in [-0.3, -0.25) is 0 Å². The fraction of sp³-hybridized carbons (Fsp3) is 0. The van der Waals surface area contributed by atoms with Crippen LogP contribution in [0.2, 0.25) is 0 Å². The Bertz CT molecular complexity index is 2970. The molecule has 0 amide bonds. The summed E-state index contributed by atoms with van der Waals surface area (Å²) in [5, 5.41) is 13.2. The highest BCUT2D eigenvalue weighted by molar-refractivity contribution is 8.00. The summed E-state index contributed by atoms with van der Waals surface area (Å²) in [4.78, 5) is 5.32. The van der Waals surface area contributed by atoms with Crippen molar-refractivity contribution in [3.05, 3.63) is 170 Å². The van der Waals surface area contributed by atoms with Crippen LogP contribution < -0.4 is 0 Å². The second kappa shape index (κ2) is 10.9. The van der Waals surface area contributed by atoms with Crippen LogP contribution in [0.3, 0.4) is 0 Å². The maximum absolute atomic E-state index is 2.42. The first-order chi connectivity index (χ1) is 25.8. The predicted molar refractivity (Wildman–Crippen MR) is 224 cm³/mol. The summed E-state index contributed by atoms with van der Waals surface area (Å²) >= 11 is 3.84. The Balaban J connectivity index is 0.990. The van der Waals surface area contributed by atoms with Crippen LogP contribution in [-0.4, -0.2) is 0 Å². The third-order valence-corrected chi connectivity index (χ3v) is 13.5. The molecule has 0 saturated carbocycles. The van der Waals surface area contributed by atoms with E-state index in [1.54, 1.807) is 0 Å². The molecule has 0 nitrogen and oxygen atoms in total. The van der Waals surface area contributed by atoms with Crippen LogP contribution in [0.4, 0.5) is 0 Å². The van der Waals surface area contributed by atoms with Crippen LogP contribution in [0.1, 0.15) is 0 Å². The molecule has 2 heterocycles. The van der Waals surface area contributed by atoms with E-state index in [0.717, 1.165) is 0 Å². The van der Waals surface area contributed by atoms with Gasteiger partial charge in [0.15, 0.2) is 0 Å². The summed E-state index contributed by atoms with van der Waals surface area (Å²) in [6.45, 7) is 0. The minimum absolute atomic E-state index is 1.27. The maximum atomic E-state index is 2.42. The van der Waals surface area contributed by atoms with Crippen molar-refractivity contribution in [2.75, 3.05) is 0 Å². The van der Waals surface area contributed by atoms with Crippen molar-refractivity contribution in [1.82, 2.24) is 0 Å².